The van der Waals surface area contributed by atoms with E-state index in [4.69, 9.17) is 0 Å². The Bertz CT molecular complexity index is 848. The zero-order chi connectivity index (χ0) is 16.4. The number of aliphatic hydroxyl groups excluding tert-OH is 1. The lowest BCUT2D eigenvalue weighted by Crippen LogP contribution is -2.23. The van der Waals surface area contributed by atoms with Gasteiger partial charge in [0.05, 0.1) is 5.57 Å². The zero-order valence-electron chi connectivity index (χ0n) is 12.1. The van der Waals surface area contributed by atoms with Crippen molar-refractivity contribution in [1.82, 2.24) is 0 Å². The van der Waals surface area contributed by atoms with Crippen molar-refractivity contribution in [3.05, 3.63) is 87.4 Å². The van der Waals surface area contributed by atoms with Crippen LogP contribution in [0.1, 0.15) is 21.5 Å². The van der Waals surface area contributed by atoms with Gasteiger partial charge < -0.3 is 5.11 Å². The van der Waals surface area contributed by atoms with E-state index in [1.54, 1.807) is 24.3 Å². The van der Waals surface area contributed by atoms with E-state index in [-0.39, 0.29) is 16.9 Å². The van der Waals surface area contributed by atoms with E-state index in [1.165, 1.54) is 6.08 Å². The van der Waals surface area contributed by atoms with Crippen molar-refractivity contribution in [2.24, 2.45) is 0 Å². The number of fused-ring (bicyclic) bond motifs is 1. The van der Waals surface area contributed by atoms with Gasteiger partial charge in [-0.15, -0.1) is 0 Å². The van der Waals surface area contributed by atoms with E-state index in [9.17, 15) is 14.7 Å². The molecule has 114 valence electrons. The number of carbonyl (C=O) groups is 2. The van der Waals surface area contributed by atoms with Crippen LogP contribution in [0.5, 0.6) is 0 Å². The number of benzene rings is 2. The van der Waals surface area contributed by atoms with Crippen LogP contribution in [0.4, 0.5) is 0 Å². The topological polar surface area (TPSA) is 54.4 Å². The molecule has 1 N–H and O–H groups in total. The Balaban J connectivity index is 1.95. The summed E-state index contributed by atoms with van der Waals surface area (Å²) >= 11 is 3.31. The van der Waals surface area contributed by atoms with Crippen LogP contribution in [-0.4, -0.2) is 16.7 Å². The van der Waals surface area contributed by atoms with Gasteiger partial charge in [-0.05, 0) is 30.2 Å². The normalized spacial score (nSPS) is 14.5. The quantitative estimate of drug-likeness (QED) is 0.822. The van der Waals surface area contributed by atoms with Gasteiger partial charge >= 0.3 is 0 Å². The van der Waals surface area contributed by atoms with Crippen molar-refractivity contribution in [2.45, 2.75) is 6.42 Å². The average molecular weight is 369 g/mol. The van der Waals surface area contributed by atoms with E-state index in [2.05, 4.69) is 15.9 Å². The molecule has 23 heavy (non-hydrogen) atoms. The summed E-state index contributed by atoms with van der Waals surface area (Å²) in [5, 5.41) is 10.4. The summed E-state index contributed by atoms with van der Waals surface area (Å²) in [5.41, 5.74) is 1.73. The van der Waals surface area contributed by atoms with Gasteiger partial charge in [-0.25, -0.2) is 0 Å². The van der Waals surface area contributed by atoms with Gasteiger partial charge in [0.25, 0.3) is 0 Å². The smallest absolute Gasteiger partial charge is 0.237 e. The largest absolute Gasteiger partial charge is 0.507 e. The molecule has 2 aromatic carbocycles. The molecule has 0 saturated heterocycles. The number of hydrogen-bond donors (Lipinski definition) is 1. The Morgan fingerprint density at radius 3 is 2.43 bits per heavy atom. The number of halogens is 1. The fourth-order valence-corrected chi connectivity index (χ4v) is 2.85. The van der Waals surface area contributed by atoms with Crippen LogP contribution in [0.3, 0.4) is 0 Å². The van der Waals surface area contributed by atoms with Crippen LogP contribution in [-0.2, 0) is 11.2 Å². The molecule has 0 aromatic heterocycles. The molecule has 0 spiro atoms. The summed E-state index contributed by atoms with van der Waals surface area (Å²) in [6.45, 7) is 0. The summed E-state index contributed by atoms with van der Waals surface area (Å²) in [7, 11) is 0. The SMILES string of the molecule is O=C1C(=O)c2ccc(Br)cc2C(O)=C1C=CCc1ccccc1. The molecule has 0 saturated carbocycles. The lowest BCUT2D eigenvalue weighted by atomic mass is 9.88. The molecule has 3 rings (SSSR count). The Kier molecular flexibility index (Phi) is 4.26. The number of rotatable bonds is 3. The molecule has 0 radical (unpaired) electrons. The lowest BCUT2D eigenvalue weighted by Gasteiger charge is -2.16. The molecule has 1 aliphatic rings. The number of carbonyl (C=O) groups excluding carboxylic acids is 2. The summed E-state index contributed by atoms with van der Waals surface area (Å²) in [6.07, 6.45) is 3.91. The molecule has 2 aromatic rings. The Labute approximate surface area is 142 Å². The second-order valence-corrected chi connectivity index (χ2v) is 6.12. The maximum absolute atomic E-state index is 12.2. The van der Waals surface area contributed by atoms with Gasteiger partial charge in [0.15, 0.2) is 0 Å². The van der Waals surface area contributed by atoms with Crippen LogP contribution in [0.25, 0.3) is 5.76 Å². The van der Waals surface area contributed by atoms with Crippen LogP contribution < -0.4 is 0 Å². The second kappa shape index (κ2) is 6.34. The van der Waals surface area contributed by atoms with E-state index in [0.717, 1.165) is 10.0 Å². The van der Waals surface area contributed by atoms with Crippen molar-refractivity contribution in [2.75, 3.05) is 0 Å². The third-order valence-electron chi connectivity index (χ3n) is 3.67. The number of aliphatic hydroxyl groups is 1. The first-order valence-electron chi connectivity index (χ1n) is 7.10. The van der Waals surface area contributed by atoms with Gasteiger partial charge in [-0.2, -0.15) is 0 Å². The Morgan fingerprint density at radius 1 is 0.957 bits per heavy atom. The van der Waals surface area contributed by atoms with Crippen molar-refractivity contribution >= 4 is 33.3 Å². The number of allylic oxidation sites excluding steroid dienone is 3. The van der Waals surface area contributed by atoms with E-state index < -0.39 is 11.6 Å². The van der Waals surface area contributed by atoms with Gasteiger partial charge in [0.2, 0.25) is 11.6 Å². The summed E-state index contributed by atoms with van der Waals surface area (Å²) in [6, 6.07) is 14.6. The second-order valence-electron chi connectivity index (χ2n) is 5.20. The highest BCUT2D eigenvalue weighted by Gasteiger charge is 2.31. The molecule has 0 atom stereocenters. The van der Waals surface area contributed by atoms with E-state index in [0.29, 0.717) is 12.0 Å². The van der Waals surface area contributed by atoms with Gasteiger partial charge in [-0.1, -0.05) is 58.4 Å². The monoisotopic (exact) mass is 368 g/mol. The predicted molar refractivity (Wildman–Crippen MR) is 92.3 cm³/mol. The highest BCUT2D eigenvalue weighted by Crippen LogP contribution is 2.30. The fraction of sp³-hybridized carbons (Fsp3) is 0.0526. The first-order valence-corrected chi connectivity index (χ1v) is 7.90. The number of Topliss-reactive ketones (excluding diaryl/α,β-unsaturated/α-hetero) is 2. The van der Waals surface area contributed by atoms with Crippen LogP contribution >= 0.6 is 15.9 Å². The zero-order valence-corrected chi connectivity index (χ0v) is 13.7. The molecule has 3 nitrogen and oxygen atoms in total. The third kappa shape index (κ3) is 3.03. The van der Waals surface area contributed by atoms with E-state index in [1.807, 2.05) is 30.3 Å². The van der Waals surface area contributed by atoms with Gasteiger partial charge in [0.1, 0.15) is 5.76 Å². The molecule has 0 fully saturated rings. The minimum absolute atomic E-state index is 0.0385. The molecule has 4 heteroatoms. The first-order chi connectivity index (χ1) is 11.1. The highest BCUT2D eigenvalue weighted by atomic mass is 79.9. The van der Waals surface area contributed by atoms with Crippen LogP contribution in [0.15, 0.2) is 70.7 Å². The minimum Gasteiger partial charge on any atom is -0.507 e. The highest BCUT2D eigenvalue weighted by molar-refractivity contribution is 9.10. The third-order valence-corrected chi connectivity index (χ3v) is 4.16. The van der Waals surface area contributed by atoms with Gasteiger partial charge in [0, 0.05) is 15.6 Å². The Hall–Kier alpha value is -2.46. The molecule has 0 heterocycles. The van der Waals surface area contributed by atoms with Crippen LogP contribution in [0.2, 0.25) is 0 Å². The maximum atomic E-state index is 12.2. The molecular formula is C19H13BrO3. The molecule has 0 bridgehead atoms. The number of ketones is 2. The molecule has 1 aliphatic carbocycles. The van der Waals surface area contributed by atoms with Crippen molar-refractivity contribution in [3.8, 4) is 0 Å². The Morgan fingerprint density at radius 2 is 1.70 bits per heavy atom. The minimum atomic E-state index is -0.679. The van der Waals surface area contributed by atoms with Crippen LogP contribution in [0, 0.1) is 0 Å². The molecule has 0 amide bonds. The molecule has 0 aliphatic heterocycles. The standard InChI is InChI=1S/C19H13BrO3/c20-13-9-10-14-16(11-13)17(21)15(19(23)18(14)22)8-4-7-12-5-2-1-3-6-12/h1-6,8-11,21H,7H2. The first kappa shape index (κ1) is 15.4. The van der Waals surface area contributed by atoms with Gasteiger partial charge in [-0.3, -0.25) is 9.59 Å². The average Bonchev–Trinajstić information content (AvgIpc) is 2.57. The number of hydrogen-bond acceptors (Lipinski definition) is 3. The molecule has 0 unspecified atom stereocenters. The predicted octanol–water partition coefficient (Wildman–Crippen LogP) is 4.28. The molecular weight excluding hydrogens is 356 g/mol. The van der Waals surface area contributed by atoms with E-state index >= 15 is 0 Å². The van der Waals surface area contributed by atoms with Crippen molar-refractivity contribution in [3.63, 3.8) is 0 Å². The summed E-state index contributed by atoms with van der Waals surface area (Å²) in [4.78, 5) is 24.4. The lowest BCUT2D eigenvalue weighted by molar-refractivity contribution is -0.111. The summed E-state index contributed by atoms with van der Waals surface area (Å²) in [5.74, 6) is -1.43. The van der Waals surface area contributed by atoms with Crippen molar-refractivity contribution in [1.29, 1.82) is 0 Å². The summed E-state index contributed by atoms with van der Waals surface area (Å²) < 4.78 is 0.734. The maximum Gasteiger partial charge on any atom is 0.237 e. The van der Waals surface area contributed by atoms with Crippen molar-refractivity contribution < 1.29 is 14.7 Å². The fourth-order valence-electron chi connectivity index (χ4n) is 2.49.